The monoisotopic (exact) mass is 373 g/mol. The van der Waals surface area contributed by atoms with E-state index in [1.165, 1.54) is 26.0 Å². The number of carboxylic acids is 1. The van der Waals surface area contributed by atoms with E-state index in [-0.39, 0.29) is 18.1 Å². The number of carboxylic acid groups (broad SMARTS) is 1. The third-order valence-electron chi connectivity index (χ3n) is 4.43. The fourth-order valence-electron chi connectivity index (χ4n) is 2.83. The van der Waals surface area contributed by atoms with Gasteiger partial charge in [0.1, 0.15) is 5.75 Å². The van der Waals surface area contributed by atoms with Gasteiger partial charge in [-0.3, -0.25) is 14.4 Å². The van der Waals surface area contributed by atoms with Crippen molar-refractivity contribution in [2.75, 3.05) is 13.1 Å². The Bertz CT molecular complexity index is 733. The highest BCUT2D eigenvalue weighted by Gasteiger charge is 2.64. The van der Waals surface area contributed by atoms with Crippen LogP contribution in [0.5, 0.6) is 5.75 Å². The van der Waals surface area contributed by atoms with E-state index in [0.29, 0.717) is 5.56 Å². The first-order valence-electron chi connectivity index (χ1n) is 7.84. The molecule has 1 N–H and O–H groups in total. The fraction of sp³-hybridized carbons (Fsp3) is 0.471. The minimum atomic E-state index is -4.96. The summed E-state index contributed by atoms with van der Waals surface area (Å²) in [6, 6.07) is 6.05. The lowest BCUT2D eigenvalue weighted by atomic mass is 9.86. The molecule has 1 aliphatic heterocycles. The zero-order valence-corrected chi connectivity index (χ0v) is 14.2. The SMILES string of the molecule is CC(=O)c1cccc(OC(C)C(=O)N2CCC(C(=O)O)(C(F)(F)F)C2)c1. The molecule has 2 atom stereocenters. The number of alkyl halides is 3. The van der Waals surface area contributed by atoms with Gasteiger partial charge in [-0.2, -0.15) is 13.2 Å². The smallest absolute Gasteiger partial charge is 0.406 e. The lowest BCUT2D eigenvalue weighted by Crippen LogP contribution is -2.49. The number of nitrogens with zero attached hydrogens (tertiary/aromatic N) is 1. The van der Waals surface area contributed by atoms with Crippen molar-refractivity contribution >= 4 is 17.7 Å². The number of ether oxygens (including phenoxy) is 1. The number of rotatable bonds is 5. The van der Waals surface area contributed by atoms with Crippen molar-refractivity contribution in [3.05, 3.63) is 29.8 Å². The maximum Gasteiger partial charge on any atom is 0.406 e. The van der Waals surface area contributed by atoms with Crippen LogP contribution in [0.1, 0.15) is 30.6 Å². The molecular weight excluding hydrogens is 355 g/mol. The van der Waals surface area contributed by atoms with Gasteiger partial charge in [-0.1, -0.05) is 12.1 Å². The molecule has 1 aromatic carbocycles. The maximum absolute atomic E-state index is 13.2. The Morgan fingerprint density at radius 2 is 1.96 bits per heavy atom. The van der Waals surface area contributed by atoms with Crippen molar-refractivity contribution in [3.8, 4) is 5.75 Å². The highest BCUT2D eigenvalue weighted by atomic mass is 19.4. The molecule has 6 nitrogen and oxygen atoms in total. The first-order chi connectivity index (χ1) is 12.0. The van der Waals surface area contributed by atoms with E-state index in [2.05, 4.69) is 0 Å². The average Bonchev–Trinajstić information content (AvgIpc) is 3.01. The average molecular weight is 373 g/mol. The Hall–Kier alpha value is -2.58. The first kappa shape index (κ1) is 19.7. The highest BCUT2D eigenvalue weighted by molar-refractivity contribution is 5.94. The quantitative estimate of drug-likeness (QED) is 0.802. The summed E-state index contributed by atoms with van der Waals surface area (Å²) in [6.07, 6.45) is -6.80. The number of ketones is 1. The van der Waals surface area contributed by atoms with Gasteiger partial charge in [0.2, 0.25) is 0 Å². The van der Waals surface area contributed by atoms with E-state index in [1.54, 1.807) is 12.1 Å². The Balaban J connectivity index is 2.11. The lowest BCUT2D eigenvalue weighted by Gasteiger charge is -2.28. The number of aliphatic carboxylic acids is 1. The van der Waals surface area contributed by atoms with Gasteiger partial charge in [-0.05, 0) is 32.4 Å². The summed E-state index contributed by atoms with van der Waals surface area (Å²) in [5.41, 5.74) is -2.60. The molecule has 1 fully saturated rings. The first-order valence-corrected chi connectivity index (χ1v) is 7.84. The summed E-state index contributed by atoms with van der Waals surface area (Å²) in [5, 5.41) is 9.03. The van der Waals surface area contributed by atoms with Gasteiger partial charge in [0.15, 0.2) is 17.3 Å². The number of amides is 1. The molecule has 9 heteroatoms. The number of halogens is 3. The van der Waals surface area contributed by atoms with Crippen LogP contribution in [0, 0.1) is 5.41 Å². The molecule has 1 heterocycles. The molecule has 1 saturated heterocycles. The minimum Gasteiger partial charge on any atom is -0.481 e. The zero-order chi connectivity index (χ0) is 19.7. The second-order valence-electron chi connectivity index (χ2n) is 6.24. The fourth-order valence-corrected chi connectivity index (χ4v) is 2.83. The molecule has 142 valence electrons. The number of Topliss-reactive ketones (excluding diaryl/α,β-unsaturated/α-hetero) is 1. The molecule has 1 aliphatic rings. The number of hydrogen-bond acceptors (Lipinski definition) is 4. The number of likely N-dealkylation sites (tertiary alicyclic amines) is 1. The summed E-state index contributed by atoms with van der Waals surface area (Å²) in [7, 11) is 0. The molecule has 0 aliphatic carbocycles. The van der Waals surface area contributed by atoms with Crippen LogP contribution in [-0.4, -0.2) is 53.0 Å². The summed E-state index contributed by atoms with van der Waals surface area (Å²) in [5.74, 6) is -2.72. The molecule has 0 spiro atoms. The van der Waals surface area contributed by atoms with Crippen molar-refractivity contribution in [1.29, 1.82) is 0 Å². The molecule has 2 rings (SSSR count). The van der Waals surface area contributed by atoms with Crippen molar-refractivity contribution in [3.63, 3.8) is 0 Å². The van der Waals surface area contributed by atoms with Crippen LogP contribution >= 0.6 is 0 Å². The van der Waals surface area contributed by atoms with Gasteiger partial charge in [0.05, 0.1) is 0 Å². The van der Waals surface area contributed by atoms with Crippen LogP contribution < -0.4 is 4.74 Å². The van der Waals surface area contributed by atoms with Crippen molar-refractivity contribution in [1.82, 2.24) is 4.90 Å². The predicted octanol–water partition coefficient (Wildman–Crippen LogP) is 2.52. The number of hydrogen-bond donors (Lipinski definition) is 1. The second kappa shape index (κ2) is 6.97. The Morgan fingerprint density at radius 3 is 2.46 bits per heavy atom. The van der Waals surface area contributed by atoms with Gasteiger partial charge < -0.3 is 14.7 Å². The molecule has 1 aromatic rings. The van der Waals surface area contributed by atoms with Crippen LogP contribution in [0.2, 0.25) is 0 Å². The second-order valence-corrected chi connectivity index (χ2v) is 6.24. The van der Waals surface area contributed by atoms with E-state index in [9.17, 15) is 27.6 Å². The molecule has 0 saturated carbocycles. The van der Waals surface area contributed by atoms with Gasteiger partial charge in [-0.25, -0.2) is 0 Å². The van der Waals surface area contributed by atoms with E-state index >= 15 is 0 Å². The zero-order valence-electron chi connectivity index (χ0n) is 14.2. The summed E-state index contributed by atoms with van der Waals surface area (Å²) in [4.78, 5) is 35.8. The van der Waals surface area contributed by atoms with Crippen molar-refractivity contribution in [2.45, 2.75) is 32.5 Å². The number of benzene rings is 1. The molecule has 1 amide bonds. The highest BCUT2D eigenvalue weighted by Crippen LogP contribution is 2.45. The van der Waals surface area contributed by atoms with Gasteiger partial charge >= 0.3 is 12.1 Å². The van der Waals surface area contributed by atoms with Gasteiger partial charge in [-0.15, -0.1) is 0 Å². The Kier molecular flexibility index (Phi) is 5.29. The molecule has 26 heavy (non-hydrogen) atoms. The van der Waals surface area contributed by atoms with E-state index in [4.69, 9.17) is 9.84 Å². The Morgan fingerprint density at radius 1 is 1.31 bits per heavy atom. The van der Waals surface area contributed by atoms with Gasteiger partial charge in [0, 0.05) is 18.7 Å². The number of carbonyl (C=O) groups is 3. The summed E-state index contributed by atoms with van der Waals surface area (Å²) < 4.78 is 45.0. The molecule has 0 bridgehead atoms. The summed E-state index contributed by atoms with van der Waals surface area (Å²) >= 11 is 0. The van der Waals surface area contributed by atoms with Gasteiger partial charge in [0.25, 0.3) is 5.91 Å². The largest absolute Gasteiger partial charge is 0.481 e. The van der Waals surface area contributed by atoms with E-state index in [0.717, 1.165) is 4.90 Å². The predicted molar refractivity (Wildman–Crippen MR) is 83.9 cm³/mol. The standard InChI is InChI=1S/C17H18F3NO5/c1-10(22)12-4-3-5-13(8-12)26-11(2)14(23)21-7-6-16(9-21,15(24)25)17(18,19)20/h3-5,8,11H,6-7,9H2,1-2H3,(H,24,25). The van der Waals surface area contributed by atoms with Crippen LogP contribution in [-0.2, 0) is 9.59 Å². The van der Waals surface area contributed by atoms with Crippen molar-refractivity contribution in [2.24, 2.45) is 5.41 Å². The third kappa shape index (κ3) is 3.66. The topological polar surface area (TPSA) is 83.9 Å². The van der Waals surface area contributed by atoms with E-state index < -0.39 is 42.5 Å². The van der Waals surface area contributed by atoms with Crippen LogP contribution in [0.3, 0.4) is 0 Å². The Labute approximate surface area is 147 Å². The molecule has 2 unspecified atom stereocenters. The normalized spacial score (nSPS) is 21.3. The van der Waals surface area contributed by atoms with E-state index in [1.807, 2.05) is 0 Å². The maximum atomic E-state index is 13.2. The lowest BCUT2D eigenvalue weighted by molar-refractivity contribution is -0.227. The molecular formula is C17H18F3NO5. The van der Waals surface area contributed by atoms with Crippen molar-refractivity contribution < 1.29 is 37.4 Å². The molecule has 0 radical (unpaired) electrons. The minimum absolute atomic E-state index is 0.203. The van der Waals surface area contributed by atoms with Crippen LogP contribution in [0.25, 0.3) is 0 Å². The summed E-state index contributed by atoms with van der Waals surface area (Å²) in [6.45, 7) is 1.44. The molecule has 0 aromatic heterocycles. The third-order valence-corrected chi connectivity index (χ3v) is 4.43. The van der Waals surface area contributed by atoms with Crippen LogP contribution in [0.4, 0.5) is 13.2 Å². The van der Waals surface area contributed by atoms with Crippen LogP contribution in [0.15, 0.2) is 24.3 Å². The number of carbonyl (C=O) groups excluding carboxylic acids is 2.